The first kappa shape index (κ1) is 13.8. The molecule has 3 rings (SSSR count). The number of nitrogens with one attached hydrogen (secondary N) is 1. The second-order valence-corrected chi connectivity index (χ2v) is 6.84. The fourth-order valence-electron chi connectivity index (χ4n) is 1.98. The molecule has 0 unspecified atom stereocenters. The van der Waals surface area contributed by atoms with Crippen LogP contribution >= 0.6 is 38.9 Å². The number of anilines is 2. The molecule has 0 saturated carbocycles. The van der Waals surface area contributed by atoms with Crippen LogP contribution < -0.4 is 5.32 Å². The first-order valence-corrected chi connectivity index (χ1v) is 7.99. The SMILES string of the molecule is Cc1cc2c(Nc3cccc(C)c3Br)nc(Cl)nc2s1. The highest BCUT2D eigenvalue weighted by atomic mass is 79.9. The summed E-state index contributed by atoms with van der Waals surface area (Å²) in [4.78, 5) is 10.6. The summed E-state index contributed by atoms with van der Waals surface area (Å²) in [5, 5.41) is 4.58. The molecule has 3 nitrogen and oxygen atoms in total. The number of hydrogen-bond acceptors (Lipinski definition) is 4. The van der Waals surface area contributed by atoms with Gasteiger partial charge in [-0.25, -0.2) is 4.98 Å². The van der Waals surface area contributed by atoms with Gasteiger partial charge in [0.15, 0.2) is 0 Å². The molecule has 0 atom stereocenters. The topological polar surface area (TPSA) is 37.8 Å². The molecule has 20 heavy (non-hydrogen) atoms. The van der Waals surface area contributed by atoms with Crippen molar-refractivity contribution in [2.45, 2.75) is 13.8 Å². The van der Waals surface area contributed by atoms with Crippen molar-refractivity contribution in [3.8, 4) is 0 Å². The van der Waals surface area contributed by atoms with Crippen LogP contribution in [0.5, 0.6) is 0 Å². The predicted octanol–water partition coefficient (Wildman–Crippen LogP) is 5.47. The van der Waals surface area contributed by atoms with Crippen LogP contribution in [-0.4, -0.2) is 9.97 Å². The van der Waals surface area contributed by atoms with Crippen molar-refractivity contribution in [2.75, 3.05) is 5.32 Å². The second-order valence-electron chi connectivity index (χ2n) is 4.48. The maximum Gasteiger partial charge on any atom is 0.225 e. The summed E-state index contributed by atoms with van der Waals surface area (Å²) < 4.78 is 1.02. The van der Waals surface area contributed by atoms with Crippen molar-refractivity contribution in [1.29, 1.82) is 0 Å². The highest BCUT2D eigenvalue weighted by Crippen LogP contribution is 2.34. The van der Waals surface area contributed by atoms with Gasteiger partial charge in [-0.3, -0.25) is 0 Å². The Kier molecular flexibility index (Phi) is 3.67. The molecule has 0 aliphatic rings. The Morgan fingerprint density at radius 3 is 2.85 bits per heavy atom. The third-order valence-electron chi connectivity index (χ3n) is 2.93. The Hall–Kier alpha value is -1.17. The van der Waals surface area contributed by atoms with Gasteiger partial charge in [0.05, 0.1) is 11.1 Å². The van der Waals surface area contributed by atoms with Crippen LogP contribution in [0.3, 0.4) is 0 Å². The molecular formula is C14H11BrClN3S. The van der Waals surface area contributed by atoms with Gasteiger partial charge < -0.3 is 5.32 Å². The van der Waals surface area contributed by atoms with Gasteiger partial charge in [-0.1, -0.05) is 12.1 Å². The lowest BCUT2D eigenvalue weighted by atomic mass is 10.2. The molecular weight excluding hydrogens is 358 g/mol. The molecule has 0 aliphatic heterocycles. The van der Waals surface area contributed by atoms with Gasteiger partial charge in [-0.15, -0.1) is 11.3 Å². The van der Waals surface area contributed by atoms with Gasteiger partial charge in [0.2, 0.25) is 5.28 Å². The average molecular weight is 369 g/mol. The van der Waals surface area contributed by atoms with Crippen LogP contribution in [0.15, 0.2) is 28.7 Å². The molecule has 2 aromatic heterocycles. The lowest BCUT2D eigenvalue weighted by Gasteiger charge is -2.10. The molecule has 0 amide bonds. The zero-order valence-corrected chi connectivity index (χ0v) is 14.0. The Morgan fingerprint density at radius 1 is 1.25 bits per heavy atom. The van der Waals surface area contributed by atoms with Crippen LogP contribution in [-0.2, 0) is 0 Å². The van der Waals surface area contributed by atoms with Crippen LogP contribution in [0.2, 0.25) is 5.28 Å². The second kappa shape index (κ2) is 5.31. The fourth-order valence-corrected chi connectivity index (χ4v) is 3.44. The van der Waals surface area contributed by atoms with Gasteiger partial charge in [0.25, 0.3) is 0 Å². The quantitative estimate of drug-likeness (QED) is 0.610. The van der Waals surface area contributed by atoms with E-state index >= 15 is 0 Å². The third kappa shape index (κ3) is 2.53. The van der Waals surface area contributed by atoms with Crippen LogP contribution in [0.25, 0.3) is 10.2 Å². The number of hydrogen-bond donors (Lipinski definition) is 1. The molecule has 3 aromatic rings. The number of nitrogens with zero attached hydrogens (tertiary/aromatic N) is 2. The first-order valence-electron chi connectivity index (χ1n) is 6.00. The van der Waals surface area contributed by atoms with Crippen molar-refractivity contribution in [3.05, 3.63) is 44.5 Å². The van der Waals surface area contributed by atoms with Crippen molar-refractivity contribution in [2.24, 2.45) is 0 Å². The number of fused-ring (bicyclic) bond motifs is 1. The third-order valence-corrected chi connectivity index (χ3v) is 5.10. The molecule has 0 aliphatic carbocycles. The summed E-state index contributed by atoms with van der Waals surface area (Å²) in [5.41, 5.74) is 2.12. The molecule has 0 radical (unpaired) electrons. The van der Waals surface area contributed by atoms with E-state index in [0.717, 1.165) is 31.8 Å². The minimum Gasteiger partial charge on any atom is -0.339 e. The van der Waals surface area contributed by atoms with E-state index in [4.69, 9.17) is 11.6 Å². The summed E-state index contributed by atoms with van der Waals surface area (Å²) in [6.07, 6.45) is 0. The van der Waals surface area contributed by atoms with Crippen LogP contribution in [0, 0.1) is 13.8 Å². The molecule has 6 heteroatoms. The molecule has 102 valence electrons. The van der Waals surface area contributed by atoms with E-state index in [1.54, 1.807) is 11.3 Å². The van der Waals surface area contributed by atoms with E-state index in [9.17, 15) is 0 Å². The fraction of sp³-hybridized carbons (Fsp3) is 0.143. The predicted molar refractivity (Wildman–Crippen MR) is 89.3 cm³/mol. The molecule has 0 fully saturated rings. The van der Waals surface area contributed by atoms with E-state index < -0.39 is 0 Å². The molecule has 0 bridgehead atoms. The minimum absolute atomic E-state index is 0.255. The summed E-state index contributed by atoms with van der Waals surface area (Å²) in [5.74, 6) is 0.732. The number of aryl methyl sites for hydroxylation is 2. The Bertz CT molecular complexity index is 800. The zero-order valence-electron chi connectivity index (χ0n) is 10.9. The van der Waals surface area contributed by atoms with E-state index in [1.165, 1.54) is 4.88 Å². The monoisotopic (exact) mass is 367 g/mol. The average Bonchev–Trinajstić information content (AvgIpc) is 2.75. The summed E-state index contributed by atoms with van der Waals surface area (Å²) >= 11 is 11.2. The maximum atomic E-state index is 6.00. The van der Waals surface area contributed by atoms with Crippen molar-refractivity contribution < 1.29 is 0 Å². The normalized spacial score (nSPS) is 11.0. The number of halogens is 2. The van der Waals surface area contributed by atoms with Gasteiger partial charge >= 0.3 is 0 Å². The number of rotatable bonds is 2. The summed E-state index contributed by atoms with van der Waals surface area (Å²) in [6, 6.07) is 8.12. The maximum absolute atomic E-state index is 6.00. The molecule has 2 heterocycles. The van der Waals surface area contributed by atoms with Gasteiger partial charge in [-0.2, -0.15) is 4.98 Å². The number of benzene rings is 1. The Balaban J connectivity index is 2.12. The first-order chi connectivity index (χ1) is 9.54. The standard InChI is InChI=1S/C14H11BrClN3S/c1-7-4-3-5-10(11(7)15)17-12-9-6-8(2)20-13(9)19-14(16)18-12/h3-6H,1-2H3,(H,17,18,19). The van der Waals surface area contributed by atoms with E-state index in [2.05, 4.69) is 37.3 Å². The molecule has 1 aromatic carbocycles. The van der Waals surface area contributed by atoms with Gasteiger partial charge in [0, 0.05) is 9.35 Å². The van der Waals surface area contributed by atoms with Crippen LogP contribution in [0.4, 0.5) is 11.5 Å². The zero-order chi connectivity index (χ0) is 14.3. The van der Waals surface area contributed by atoms with Crippen molar-refractivity contribution in [1.82, 2.24) is 9.97 Å². The number of aromatic nitrogens is 2. The molecule has 1 N–H and O–H groups in total. The van der Waals surface area contributed by atoms with Crippen LogP contribution in [0.1, 0.15) is 10.4 Å². The Morgan fingerprint density at radius 2 is 2.05 bits per heavy atom. The highest BCUT2D eigenvalue weighted by Gasteiger charge is 2.11. The molecule has 0 saturated heterocycles. The smallest absolute Gasteiger partial charge is 0.225 e. The Labute approximate surface area is 134 Å². The van der Waals surface area contributed by atoms with E-state index in [0.29, 0.717) is 0 Å². The lowest BCUT2D eigenvalue weighted by molar-refractivity contribution is 1.23. The minimum atomic E-state index is 0.255. The highest BCUT2D eigenvalue weighted by molar-refractivity contribution is 9.10. The van der Waals surface area contributed by atoms with E-state index in [1.807, 2.05) is 32.0 Å². The van der Waals surface area contributed by atoms with E-state index in [-0.39, 0.29) is 5.28 Å². The lowest BCUT2D eigenvalue weighted by Crippen LogP contribution is -1.97. The van der Waals surface area contributed by atoms with Gasteiger partial charge in [0.1, 0.15) is 10.6 Å². The van der Waals surface area contributed by atoms with Crippen molar-refractivity contribution >= 4 is 60.6 Å². The largest absolute Gasteiger partial charge is 0.339 e. The van der Waals surface area contributed by atoms with Gasteiger partial charge in [-0.05, 0) is 59.1 Å². The van der Waals surface area contributed by atoms with Crippen molar-refractivity contribution in [3.63, 3.8) is 0 Å². The summed E-state index contributed by atoms with van der Waals surface area (Å²) in [7, 11) is 0. The summed E-state index contributed by atoms with van der Waals surface area (Å²) in [6.45, 7) is 4.10. The molecule has 0 spiro atoms. The number of thiophene rings is 1.